The van der Waals surface area contributed by atoms with Crippen molar-refractivity contribution in [2.45, 2.75) is 58.5 Å². The summed E-state index contributed by atoms with van der Waals surface area (Å²) >= 11 is 3.39. The maximum Gasteiger partial charge on any atom is 0.226 e. The van der Waals surface area contributed by atoms with Crippen molar-refractivity contribution in [2.24, 2.45) is 11.3 Å². The summed E-state index contributed by atoms with van der Waals surface area (Å²) in [6.07, 6.45) is 7.08. The highest BCUT2D eigenvalue weighted by molar-refractivity contribution is 9.09. The lowest BCUT2D eigenvalue weighted by molar-refractivity contribution is -0.143. The number of rotatable bonds is 4. The number of amides is 1. The topological polar surface area (TPSA) is 29.5 Å². The van der Waals surface area contributed by atoms with Gasteiger partial charge in [0.1, 0.15) is 0 Å². The fourth-order valence-electron chi connectivity index (χ4n) is 3.63. The van der Waals surface area contributed by atoms with Crippen molar-refractivity contribution >= 4 is 21.8 Å². The van der Waals surface area contributed by atoms with Gasteiger partial charge in [-0.3, -0.25) is 4.79 Å². The Morgan fingerprint density at radius 3 is 2.55 bits per heavy atom. The molecular weight excluding hydrogens is 318 g/mol. The molecule has 1 saturated carbocycles. The second kappa shape index (κ2) is 7.26. The van der Waals surface area contributed by atoms with Crippen molar-refractivity contribution < 1.29 is 9.53 Å². The molecule has 116 valence electrons. The molecule has 3 nitrogen and oxygen atoms in total. The van der Waals surface area contributed by atoms with Crippen molar-refractivity contribution in [3.05, 3.63) is 0 Å². The molecule has 1 unspecified atom stereocenters. The third-order valence-corrected chi connectivity index (χ3v) is 5.31. The zero-order valence-electron chi connectivity index (χ0n) is 12.9. The molecule has 2 aliphatic rings. The van der Waals surface area contributed by atoms with Gasteiger partial charge in [0.05, 0.1) is 12.7 Å². The maximum atomic E-state index is 12.8. The van der Waals surface area contributed by atoms with Gasteiger partial charge < -0.3 is 9.64 Å². The smallest absolute Gasteiger partial charge is 0.226 e. The first-order valence-electron chi connectivity index (χ1n) is 8.01. The molecule has 1 aliphatic carbocycles. The SMILES string of the molecule is CC1(C)CCCCC1C(=O)N1CCC(OCCBr)CC1. The van der Waals surface area contributed by atoms with Gasteiger partial charge in [0.25, 0.3) is 0 Å². The second-order valence-electron chi connectivity index (χ2n) is 6.87. The number of carbonyl (C=O) groups is 1. The van der Waals surface area contributed by atoms with Crippen LogP contribution >= 0.6 is 15.9 Å². The van der Waals surface area contributed by atoms with E-state index in [9.17, 15) is 4.79 Å². The largest absolute Gasteiger partial charge is 0.377 e. The minimum absolute atomic E-state index is 0.179. The summed E-state index contributed by atoms with van der Waals surface area (Å²) in [7, 11) is 0. The first-order chi connectivity index (χ1) is 9.54. The molecule has 20 heavy (non-hydrogen) atoms. The molecular formula is C16H28BrNO2. The highest BCUT2D eigenvalue weighted by Gasteiger charge is 2.39. The minimum Gasteiger partial charge on any atom is -0.377 e. The van der Waals surface area contributed by atoms with E-state index in [0.717, 1.165) is 44.3 Å². The van der Waals surface area contributed by atoms with Crippen molar-refractivity contribution in [2.75, 3.05) is 25.0 Å². The molecule has 2 rings (SSSR count). The molecule has 1 aliphatic heterocycles. The molecule has 0 aromatic heterocycles. The molecule has 1 atom stereocenters. The number of hydrogen-bond acceptors (Lipinski definition) is 2. The molecule has 0 N–H and O–H groups in total. The van der Waals surface area contributed by atoms with Crippen molar-refractivity contribution in [3.8, 4) is 0 Å². The van der Waals surface area contributed by atoms with Crippen LogP contribution in [0.2, 0.25) is 0 Å². The number of carbonyl (C=O) groups excluding carboxylic acids is 1. The van der Waals surface area contributed by atoms with Gasteiger partial charge in [-0.05, 0) is 31.1 Å². The average Bonchev–Trinajstić information content (AvgIpc) is 2.44. The monoisotopic (exact) mass is 345 g/mol. The third-order valence-electron chi connectivity index (χ3n) is 4.99. The predicted octanol–water partition coefficient (Wildman–Crippen LogP) is 3.61. The van der Waals surface area contributed by atoms with E-state index in [0.29, 0.717) is 12.0 Å². The summed E-state index contributed by atoms with van der Waals surface area (Å²) in [6.45, 7) is 7.05. The van der Waals surface area contributed by atoms with Gasteiger partial charge in [-0.25, -0.2) is 0 Å². The number of piperidine rings is 1. The van der Waals surface area contributed by atoms with E-state index in [1.165, 1.54) is 19.3 Å². The van der Waals surface area contributed by atoms with Crippen LogP contribution in [0, 0.1) is 11.3 Å². The summed E-state index contributed by atoms with van der Waals surface area (Å²) in [5.74, 6) is 0.630. The van der Waals surface area contributed by atoms with Gasteiger partial charge in [-0.15, -0.1) is 0 Å². The fraction of sp³-hybridized carbons (Fsp3) is 0.938. The zero-order chi connectivity index (χ0) is 14.6. The Morgan fingerprint density at radius 2 is 1.95 bits per heavy atom. The van der Waals surface area contributed by atoms with Crippen LogP contribution in [-0.4, -0.2) is 41.9 Å². The Labute approximate surface area is 131 Å². The van der Waals surface area contributed by atoms with Crippen LogP contribution in [0.15, 0.2) is 0 Å². The van der Waals surface area contributed by atoms with Gasteiger partial charge in [0.15, 0.2) is 0 Å². The highest BCUT2D eigenvalue weighted by atomic mass is 79.9. The van der Waals surface area contributed by atoms with Gasteiger partial charge in [-0.2, -0.15) is 0 Å². The third kappa shape index (κ3) is 3.97. The lowest BCUT2D eigenvalue weighted by atomic mass is 9.68. The van der Waals surface area contributed by atoms with E-state index in [1.54, 1.807) is 0 Å². The van der Waals surface area contributed by atoms with Crippen LogP contribution in [0.1, 0.15) is 52.4 Å². The average molecular weight is 346 g/mol. The van der Waals surface area contributed by atoms with Crippen molar-refractivity contribution in [3.63, 3.8) is 0 Å². The Bertz CT molecular complexity index is 324. The lowest BCUT2D eigenvalue weighted by Gasteiger charge is -2.42. The molecule has 0 aromatic rings. The van der Waals surface area contributed by atoms with Crippen LogP contribution in [-0.2, 0) is 9.53 Å². The first-order valence-corrected chi connectivity index (χ1v) is 9.13. The minimum atomic E-state index is 0.179. The lowest BCUT2D eigenvalue weighted by Crippen LogP contribution is -2.47. The number of alkyl halides is 1. The normalized spacial score (nSPS) is 27.6. The van der Waals surface area contributed by atoms with Gasteiger partial charge in [-0.1, -0.05) is 42.6 Å². The Kier molecular flexibility index (Phi) is 5.91. The number of hydrogen-bond donors (Lipinski definition) is 0. The van der Waals surface area contributed by atoms with Crippen LogP contribution in [0.25, 0.3) is 0 Å². The van der Waals surface area contributed by atoms with E-state index in [4.69, 9.17) is 4.74 Å². The first kappa shape index (κ1) is 16.3. The van der Waals surface area contributed by atoms with E-state index in [1.807, 2.05) is 0 Å². The Morgan fingerprint density at radius 1 is 1.25 bits per heavy atom. The van der Waals surface area contributed by atoms with E-state index >= 15 is 0 Å². The molecule has 0 radical (unpaired) electrons. The molecule has 1 heterocycles. The van der Waals surface area contributed by atoms with Crippen molar-refractivity contribution in [1.82, 2.24) is 4.90 Å². The van der Waals surface area contributed by atoms with E-state index in [-0.39, 0.29) is 11.3 Å². The number of ether oxygens (including phenoxy) is 1. The highest BCUT2D eigenvalue weighted by Crippen LogP contribution is 2.41. The fourth-order valence-corrected chi connectivity index (χ4v) is 3.81. The summed E-state index contributed by atoms with van der Waals surface area (Å²) in [6, 6.07) is 0. The van der Waals surface area contributed by atoms with Crippen LogP contribution < -0.4 is 0 Å². The summed E-state index contributed by atoms with van der Waals surface area (Å²) in [4.78, 5) is 14.9. The van der Waals surface area contributed by atoms with Gasteiger partial charge in [0.2, 0.25) is 5.91 Å². The summed E-state index contributed by atoms with van der Waals surface area (Å²) in [5.41, 5.74) is 0.179. The summed E-state index contributed by atoms with van der Waals surface area (Å²) < 4.78 is 5.76. The molecule has 2 fully saturated rings. The molecule has 0 bridgehead atoms. The molecule has 0 spiro atoms. The quantitative estimate of drug-likeness (QED) is 0.728. The zero-order valence-corrected chi connectivity index (χ0v) is 14.5. The van der Waals surface area contributed by atoms with Gasteiger partial charge in [0, 0.05) is 24.3 Å². The molecule has 4 heteroatoms. The van der Waals surface area contributed by atoms with Crippen LogP contribution in [0.4, 0.5) is 0 Å². The molecule has 0 aromatic carbocycles. The summed E-state index contributed by atoms with van der Waals surface area (Å²) in [5, 5.41) is 0.891. The molecule has 1 amide bonds. The Hall–Kier alpha value is -0.0900. The number of nitrogens with zero attached hydrogens (tertiary/aromatic N) is 1. The van der Waals surface area contributed by atoms with E-state index in [2.05, 4.69) is 34.7 Å². The molecule has 1 saturated heterocycles. The maximum absolute atomic E-state index is 12.8. The van der Waals surface area contributed by atoms with Crippen LogP contribution in [0.3, 0.4) is 0 Å². The number of likely N-dealkylation sites (tertiary alicyclic amines) is 1. The second-order valence-corrected chi connectivity index (χ2v) is 7.66. The number of halogens is 1. The van der Waals surface area contributed by atoms with Gasteiger partial charge >= 0.3 is 0 Å². The predicted molar refractivity (Wildman–Crippen MR) is 85.1 cm³/mol. The van der Waals surface area contributed by atoms with Crippen molar-refractivity contribution in [1.29, 1.82) is 0 Å². The standard InChI is InChI=1S/C16H28BrNO2/c1-16(2)8-4-3-5-14(16)15(19)18-10-6-13(7-11-18)20-12-9-17/h13-14H,3-12H2,1-2H3. The van der Waals surface area contributed by atoms with E-state index < -0.39 is 0 Å². The Balaban J connectivity index is 1.85. The van der Waals surface area contributed by atoms with Crippen LogP contribution in [0.5, 0.6) is 0 Å².